The van der Waals surface area contributed by atoms with Crippen molar-refractivity contribution in [3.8, 4) is 0 Å². The molecule has 0 unspecified atom stereocenters. The zero-order chi connectivity index (χ0) is 13.0. The fourth-order valence-corrected chi connectivity index (χ4v) is 3.09. The third-order valence-corrected chi connectivity index (χ3v) is 3.90. The predicted octanol–water partition coefficient (Wildman–Crippen LogP) is 3.28. The molecule has 0 saturated carbocycles. The Bertz CT molecular complexity index is 744. The number of rotatable bonds is 1. The topological polar surface area (TPSA) is 35.9 Å². The third-order valence-electron chi connectivity index (χ3n) is 3.90. The van der Waals surface area contributed by atoms with E-state index in [1.807, 2.05) is 4.68 Å². The first-order valence-electron chi connectivity index (χ1n) is 6.37. The molecule has 0 atom stereocenters. The molecule has 0 aliphatic heterocycles. The van der Waals surface area contributed by atoms with E-state index in [2.05, 4.69) is 56.7 Å². The van der Waals surface area contributed by atoms with E-state index >= 15 is 0 Å². The van der Waals surface area contributed by atoms with Gasteiger partial charge in [-0.05, 0) is 18.9 Å². The van der Waals surface area contributed by atoms with E-state index in [9.17, 15) is 0 Å². The van der Waals surface area contributed by atoms with Crippen LogP contribution in [0.1, 0.15) is 31.0 Å². The number of hydrogen-bond donors (Lipinski definition) is 1. The molecule has 0 saturated heterocycles. The summed E-state index contributed by atoms with van der Waals surface area (Å²) in [6, 6.07) is 8.43. The summed E-state index contributed by atoms with van der Waals surface area (Å²) in [5.74, 6) is 6.73. The predicted molar refractivity (Wildman–Crippen MR) is 77.4 cm³/mol. The molecule has 3 nitrogen and oxygen atoms in total. The molecule has 1 aromatic carbocycles. The maximum atomic E-state index is 6.26. The van der Waals surface area contributed by atoms with E-state index in [1.54, 1.807) is 0 Å². The van der Waals surface area contributed by atoms with Crippen LogP contribution >= 0.6 is 0 Å². The Kier molecular flexibility index (Phi) is 2.21. The molecule has 0 bridgehead atoms. The molecule has 3 heteroatoms. The van der Waals surface area contributed by atoms with Gasteiger partial charge in [-0.15, -0.1) is 0 Å². The number of aryl methyl sites for hydroxylation is 1. The normalized spacial score (nSPS) is 12.1. The minimum Gasteiger partial charge on any atom is -0.342 e. The van der Waals surface area contributed by atoms with Crippen LogP contribution < -0.4 is 5.84 Å². The van der Waals surface area contributed by atoms with Crippen LogP contribution in [0.3, 0.4) is 0 Å². The van der Waals surface area contributed by atoms with Gasteiger partial charge in [0.2, 0.25) is 0 Å². The molecule has 2 heterocycles. The summed E-state index contributed by atoms with van der Waals surface area (Å²) in [5.41, 5.74) is 6.17. The van der Waals surface area contributed by atoms with Crippen molar-refractivity contribution in [2.75, 3.05) is 5.84 Å². The molecule has 0 aliphatic rings. The molecule has 94 valence electrons. The van der Waals surface area contributed by atoms with Gasteiger partial charge in [0, 0.05) is 23.7 Å². The van der Waals surface area contributed by atoms with Crippen LogP contribution in [0.2, 0.25) is 0 Å². The van der Waals surface area contributed by atoms with Crippen molar-refractivity contribution >= 4 is 21.9 Å². The lowest BCUT2D eigenvalue weighted by Crippen LogP contribution is -2.10. The highest BCUT2D eigenvalue weighted by Gasteiger charge is 2.21. The second kappa shape index (κ2) is 3.55. The van der Waals surface area contributed by atoms with Crippen LogP contribution in [-0.2, 0) is 7.05 Å². The SMILES string of the molecule is Cc1c(C(C)C)c2c(c3ccccc3n2C)n1N. The second-order valence-electron chi connectivity index (χ2n) is 5.30. The largest absolute Gasteiger partial charge is 0.342 e. The number of nitrogens with zero attached hydrogens (tertiary/aromatic N) is 2. The summed E-state index contributed by atoms with van der Waals surface area (Å²) in [5, 5.41) is 1.23. The fraction of sp³-hybridized carbons (Fsp3) is 0.333. The van der Waals surface area contributed by atoms with Gasteiger partial charge in [0.05, 0.1) is 16.6 Å². The molecule has 2 aromatic heterocycles. The highest BCUT2D eigenvalue weighted by Crippen LogP contribution is 2.36. The van der Waals surface area contributed by atoms with E-state index in [4.69, 9.17) is 5.84 Å². The summed E-state index contributed by atoms with van der Waals surface area (Å²) in [4.78, 5) is 0. The van der Waals surface area contributed by atoms with E-state index in [0.717, 1.165) is 11.2 Å². The molecule has 0 radical (unpaired) electrons. The molecule has 0 amide bonds. The quantitative estimate of drug-likeness (QED) is 0.652. The Labute approximate surface area is 107 Å². The van der Waals surface area contributed by atoms with Crippen LogP contribution in [0.4, 0.5) is 0 Å². The van der Waals surface area contributed by atoms with Crippen molar-refractivity contribution in [3.05, 3.63) is 35.5 Å². The minimum absolute atomic E-state index is 0.473. The van der Waals surface area contributed by atoms with Crippen molar-refractivity contribution < 1.29 is 0 Å². The maximum Gasteiger partial charge on any atom is 0.0953 e. The molecule has 2 N–H and O–H groups in total. The average molecular weight is 241 g/mol. The summed E-state index contributed by atoms with van der Waals surface area (Å²) in [6.07, 6.45) is 0. The number of nitrogen functional groups attached to an aromatic ring is 1. The Morgan fingerprint density at radius 2 is 1.78 bits per heavy atom. The monoisotopic (exact) mass is 241 g/mol. The Hall–Kier alpha value is -1.90. The number of nitrogens with two attached hydrogens (primary N) is 1. The highest BCUT2D eigenvalue weighted by atomic mass is 15.3. The molecule has 0 aliphatic carbocycles. The summed E-state index contributed by atoms with van der Waals surface area (Å²) in [7, 11) is 2.12. The molecule has 0 fully saturated rings. The van der Waals surface area contributed by atoms with E-state index in [0.29, 0.717) is 5.92 Å². The van der Waals surface area contributed by atoms with Crippen LogP contribution in [0.5, 0.6) is 0 Å². The second-order valence-corrected chi connectivity index (χ2v) is 5.30. The summed E-state index contributed by atoms with van der Waals surface area (Å²) < 4.78 is 4.10. The average Bonchev–Trinajstić information content (AvgIpc) is 2.77. The van der Waals surface area contributed by atoms with Gasteiger partial charge in [-0.25, -0.2) is 0 Å². The molecule has 18 heavy (non-hydrogen) atoms. The Morgan fingerprint density at radius 1 is 1.11 bits per heavy atom. The van der Waals surface area contributed by atoms with Gasteiger partial charge in [-0.3, -0.25) is 4.68 Å². The van der Waals surface area contributed by atoms with Gasteiger partial charge in [0.1, 0.15) is 0 Å². The maximum absolute atomic E-state index is 6.26. The number of benzene rings is 1. The zero-order valence-electron chi connectivity index (χ0n) is 11.4. The van der Waals surface area contributed by atoms with Gasteiger partial charge in [-0.2, -0.15) is 0 Å². The number of para-hydroxylation sites is 1. The summed E-state index contributed by atoms with van der Waals surface area (Å²) in [6.45, 7) is 6.54. The van der Waals surface area contributed by atoms with Crippen molar-refractivity contribution in [2.45, 2.75) is 26.7 Å². The first kappa shape index (κ1) is 11.2. The Morgan fingerprint density at radius 3 is 2.44 bits per heavy atom. The fourth-order valence-electron chi connectivity index (χ4n) is 3.09. The number of hydrogen-bond acceptors (Lipinski definition) is 1. The van der Waals surface area contributed by atoms with Crippen molar-refractivity contribution in [1.82, 2.24) is 9.24 Å². The lowest BCUT2D eigenvalue weighted by atomic mass is 10.0. The summed E-state index contributed by atoms with van der Waals surface area (Å²) >= 11 is 0. The van der Waals surface area contributed by atoms with Crippen LogP contribution in [0, 0.1) is 6.92 Å². The van der Waals surface area contributed by atoms with E-state index in [1.165, 1.54) is 22.0 Å². The molecule has 0 spiro atoms. The molecular weight excluding hydrogens is 222 g/mol. The molecule has 3 rings (SSSR count). The van der Waals surface area contributed by atoms with Crippen LogP contribution in [0.15, 0.2) is 24.3 Å². The van der Waals surface area contributed by atoms with Gasteiger partial charge in [0.15, 0.2) is 0 Å². The van der Waals surface area contributed by atoms with Crippen LogP contribution in [-0.4, -0.2) is 9.24 Å². The lowest BCUT2D eigenvalue weighted by molar-refractivity contribution is 0.836. The van der Waals surface area contributed by atoms with E-state index < -0.39 is 0 Å². The van der Waals surface area contributed by atoms with Crippen molar-refractivity contribution in [1.29, 1.82) is 0 Å². The van der Waals surface area contributed by atoms with Gasteiger partial charge in [0.25, 0.3) is 0 Å². The highest BCUT2D eigenvalue weighted by molar-refractivity contribution is 6.08. The number of fused-ring (bicyclic) bond motifs is 3. The zero-order valence-corrected chi connectivity index (χ0v) is 11.4. The van der Waals surface area contributed by atoms with Gasteiger partial charge < -0.3 is 10.4 Å². The van der Waals surface area contributed by atoms with E-state index in [-0.39, 0.29) is 0 Å². The van der Waals surface area contributed by atoms with Crippen LogP contribution in [0.25, 0.3) is 21.9 Å². The van der Waals surface area contributed by atoms with Crippen molar-refractivity contribution in [3.63, 3.8) is 0 Å². The van der Waals surface area contributed by atoms with Gasteiger partial charge >= 0.3 is 0 Å². The van der Waals surface area contributed by atoms with Crippen molar-refractivity contribution in [2.24, 2.45) is 7.05 Å². The first-order valence-corrected chi connectivity index (χ1v) is 6.37. The Balaban J connectivity index is 2.63. The third kappa shape index (κ3) is 1.19. The number of aromatic nitrogens is 2. The lowest BCUT2D eigenvalue weighted by Gasteiger charge is -2.08. The smallest absolute Gasteiger partial charge is 0.0953 e. The molecule has 3 aromatic rings. The first-order chi connectivity index (χ1) is 8.54. The minimum atomic E-state index is 0.473. The van der Waals surface area contributed by atoms with Gasteiger partial charge in [-0.1, -0.05) is 32.0 Å². The standard InChI is InChI=1S/C15H19N3/c1-9(2)13-10(3)18(16)14-11-7-5-6-8-12(11)17(4)15(13)14/h5-9H,16H2,1-4H3. The molecular formula is C15H19N3.